The highest BCUT2D eigenvalue weighted by Crippen LogP contribution is 2.32. The lowest BCUT2D eigenvalue weighted by Crippen LogP contribution is -2.31. The van der Waals surface area contributed by atoms with Gasteiger partial charge < -0.3 is 10.2 Å². The number of hydrogen-bond donors (Lipinski definition) is 1. The first kappa shape index (κ1) is 21.8. The fourth-order valence-corrected chi connectivity index (χ4v) is 6.14. The quantitative estimate of drug-likeness (QED) is 0.637. The molecule has 1 amide bonds. The summed E-state index contributed by atoms with van der Waals surface area (Å²) in [6, 6.07) is 15.3. The van der Waals surface area contributed by atoms with Crippen molar-refractivity contribution >= 4 is 21.6 Å². The number of benzene rings is 2. The Bertz CT molecular complexity index is 996. The number of anilines is 1. The zero-order valence-corrected chi connectivity index (χ0v) is 18.7. The molecule has 31 heavy (non-hydrogen) atoms. The first-order valence-corrected chi connectivity index (χ1v) is 12.7. The van der Waals surface area contributed by atoms with Crippen molar-refractivity contribution in [3.05, 3.63) is 59.7 Å². The van der Waals surface area contributed by atoms with Crippen LogP contribution in [0, 0.1) is 0 Å². The number of carbonyl (C=O) groups is 1. The van der Waals surface area contributed by atoms with Crippen LogP contribution in [0.2, 0.25) is 0 Å². The summed E-state index contributed by atoms with van der Waals surface area (Å²) in [5, 5.41) is 2.95. The van der Waals surface area contributed by atoms with Gasteiger partial charge in [0.2, 0.25) is 10.0 Å². The molecule has 0 unspecified atom stereocenters. The Morgan fingerprint density at radius 1 is 0.903 bits per heavy atom. The van der Waals surface area contributed by atoms with Crippen molar-refractivity contribution in [2.45, 2.75) is 43.4 Å². The molecule has 2 fully saturated rings. The van der Waals surface area contributed by atoms with Crippen molar-refractivity contribution in [3.8, 4) is 0 Å². The first-order chi connectivity index (χ1) is 15.1. The normalized spacial score (nSPS) is 17.2. The summed E-state index contributed by atoms with van der Waals surface area (Å²) < 4.78 is 28.3. The lowest BCUT2D eigenvalue weighted by Gasteiger charge is -2.24. The number of rotatable bonds is 8. The van der Waals surface area contributed by atoms with Gasteiger partial charge in [-0.1, -0.05) is 30.3 Å². The van der Waals surface area contributed by atoms with E-state index in [4.69, 9.17) is 0 Å². The fourth-order valence-electron chi connectivity index (χ4n) is 4.39. The van der Waals surface area contributed by atoms with Crippen LogP contribution in [0.4, 0.5) is 5.69 Å². The standard InChI is InChI=1S/C24H31N3O3S/c28-24(25-14-8-11-20-9-2-1-3-10-20)21-12-13-22(26-15-4-5-16-26)23(19-21)31(29,30)27-17-6-7-18-27/h1-3,9-10,12-13,19H,4-8,11,14-18H2,(H,25,28). The number of sulfonamides is 1. The van der Waals surface area contributed by atoms with E-state index in [2.05, 4.69) is 22.3 Å². The maximum Gasteiger partial charge on any atom is 0.251 e. The molecule has 2 aromatic rings. The number of hydrogen-bond acceptors (Lipinski definition) is 4. The van der Waals surface area contributed by atoms with Crippen molar-refractivity contribution in [3.63, 3.8) is 0 Å². The highest BCUT2D eigenvalue weighted by Gasteiger charge is 2.32. The molecule has 1 N–H and O–H groups in total. The molecule has 7 heteroatoms. The summed E-state index contributed by atoms with van der Waals surface area (Å²) in [4.78, 5) is 15.2. The Morgan fingerprint density at radius 3 is 2.29 bits per heavy atom. The van der Waals surface area contributed by atoms with Gasteiger partial charge in [0.05, 0.1) is 5.69 Å². The van der Waals surface area contributed by atoms with Crippen molar-refractivity contribution in [1.82, 2.24) is 9.62 Å². The Hall–Kier alpha value is -2.38. The second-order valence-corrected chi connectivity index (χ2v) is 10.2. The van der Waals surface area contributed by atoms with Crippen molar-refractivity contribution in [2.24, 2.45) is 0 Å². The van der Waals surface area contributed by atoms with Crippen molar-refractivity contribution in [1.29, 1.82) is 0 Å². The van der Waals surface area contributed by atoms with Crippen LogP contribution >= 0.6 is 0 Å². The number of amides is 1. The second-order valence-electron chi connectivity index (χ2n) is 8.33. The molecular formula is C24H31N3O3S. The lowest BCUT2D eigenvalue weighted by molar-refractivity contribution is 0.0953. The Balaban J connectivity index is 1.49. The Labute approximate surface area is 185 Å². The molecule has 0 bridgehead atoms. The molecule has 6 nitrogen and oxygen atoms in total. The van der Waals surface area contributed by atoms with Crippen LogP contribution in [0.5, 0.6) is 0 Å². The van der Waals surface area contributed by atoms with Crippen LogP contribution in [-0.4, -0.2) is 51.4 Å². The molecule has 2 saturated heterocycles. The van der Waals surface area contributed by atoms with E-state index in [0.29, 0.717) is 25.2 Å². The van der Waals surface area contributed by atoms with Gasteiger partial charge in [-0.3, -0.25) is 4.79 Å². The molecule has 0 aliphatic carbocycles. The third-order valence-corrected chi connectivity index (χ3v) is 8.05. The summed E-state index contributed by atoms with van der Waals surface area (Å²) in [7, 11) is -3.61. The summed E-state index contributed by atoms with van der Waals surface area (Å²) >= 11 is 0. The van der Waals surface area contributed by atoms with Gasteiger partial charge in [0.25, 0.3) is 5.91 Å². The number of nitrogens with one attached hydrogen (secondary N) is 1. The smallest absolute Gasteiger partial charge is 0.251 e. The van der Waals surface area contributed by atoms with Crippen LogP contribution in [0.1, 0.15) is 48.0 Å². The predicted molar refractivity (Wildman–Crippen MR) is 123 cm³/mol. The average Bonchev–Trinajstić information content (AvgIpc) is 3.52. The van der Waals surface area contributed by atoms with Crippen LogP contribution in [0.25, 0.3) is 0 Å². The zero-order chi connectivity index (χ0) is 21.7. The number of carbonyl (C=O) groups excluding carboxylic acids is 1. The molecule has 166 valence electrons. The van der Waals surface area contributed by atoms with Gasteiger partial charge in [-0.15, -0.1) is 0 Å². The van der Waals surface area contributed by atoms with E-state index in [1.807, 2.05) is 24.3 Å². The molecule has 0 spiro atoms. The average molecular weight is 442 g/mol. The monoisotopic (exact) mass is 441 g/mol. The molecule has 2 heterocycles. The Kier molecular flexibility index (Phi) is 6.92. The molecule has 2 aromatic carbocycles. The molecule has 0 atom stereocenters. The maximum atomic E-state index is 13.4. The minimum absolute atomic E-state index is 0.223. The van der Waals surface area contributed by atoms with E-state index < -0.39 is 10.0 Å². The predicted octanol–water partition coefficient (Wildman–Crippen LogP) is 3.43. The van der Waals surface area contributed by atoms with E-state index in [1.54, 1.807) is 16.4 Å². The molecule has 4 rings (SSSR count). The highest BCUT2D eigenvalue weighted by atomic mass is 32.2. The fraction of sp³-hybridized carbons (Fsp3) is 0.458. The molecule has 0 saturated carbocycles. The molecule has 2 aliphatic heterocycles. The van der Waals surface area contributed by atoms with E-state index in [1.165, 1.54) is 5.56 Å². The minimum Gasteiger partial charge on any atom is -0.370 e. The third kappa shape index (κ3) is 5.10. The van der Waals surface area contributed by atoms with Crippen LogP contribution in [0.15, 0.2) is 53.4 Å². The number of aryl methyl sites for hydroxylation is 1. The third-order valence-electron chi connectivity index (χ3n) is 6.12. The second kappa shape index (κ2) is 9.83. The topological polar surface area (TPSA) is 69.7 Å². The van der Waals surface area contributed by atoms with Gasteiger partial charge in [-0.25, -0.2) is 8.42 Å². The van der Waals surface area contributed by atoms with Gasteiger partial charge in [-0.2, -0.15) is 4.31 Å². The SMILES string of the molecule is O=C(NCCCc1ccccc1)c1ccc(N2CCCC2)c(S(=O)(=O)N2CCCC2)c1. The maximum absolute atomic E-state index is 13.4. The van der Waals surface area contributed by atoms with Crippen LogP contribution < -0.4 is 10.2 Å². The van der Waals surface area contributed by atoms with Crippen molar-refractivity contribution < 1.29 is 13.2 Å². The van der Waals surface area contributed by atoms with E-state index in [9.17, 15) is 13.2 Å². The largest absolute Gasteiger partial charge is 0.370 e. The molecule has 0 aromatic heterocycles. The summed E-state index contributed by atoms with van der Waals surface area (Å²) in [6.07, 6.45) is 5.63. The van der Waals surface area contributed by atoms with E-state index >= 15 is 0 Å². The van der Waals surface area contributed by atoms with Crippen LogP contribution in [-0.2, 0) is 16.4 Å². The Morgan fingerprint density at radius 2 is 1.58 bits per heavy atom. The van der Waals surface area contributed by atoms with E-state index in [-0.39, 0.29) is 10.8 Å². The first-order valence-electron chi connectivity index (χ1n) is 11.3. The molecule has 2 aliphatic rings. The number of nitrogens with zero attached hydrogens (tertiary/aromatic N) is 2. The minimum atomic E-state index is -3.61. The van der Waals surface area contributed by atoms with Gasteiger partial charge in [0.15, 0.2) is 0 Å². The zero-order valence-electron chi connectivity index (χ0n) is 17.9. The summed E-state index contributed by atoms with van der Waals surface area (Å²) in [6.45, 7) is 3.37. The summed E-state index contributed by atoms with van der Waals surface area (Å²) in [5.74, 6) is -0.223. The van der Waals surface area contributed by atoms with E-state index in [0.717, 1.165) is 57.3 Å². The molecule has 0 radical (unpaired) electrons. The van der Waals surface area contributed by atoms with Gasteiger partial charge >= 0.3 is 0 Å². The van der Waals surface area contributed by atoms with Gasteiger partial charge in [0.1, 0.15) is 4.90 Å². The van der Waals surface area contributed by atoms with Gasteiger partial charge in [0, 0.05) is 38.3 Å². The lowest BCUT2D eigenvalue weighted by atomic mass is 10.1. The summed E-state index contributed by atoms with van der Waals surface area (Å²) in [5.41, 5.74) is 2.37. The van der Waals surface area contributed by atoms with Crippen molar-refractivity contribution in [2.75, 3.05) is 37.6 Å². The molecular weight excluding hydrogens is 410 g/mol. The van der Waals surface area contributed by atoms with Gasteiger partial charge in [-0.05, 0) is 62.3 Å². The van der Waals surface area contributed by atoms with Crippen LogP contribution in [0.3, 0.4) is 0 Å². The highest BCUT2D eigenvalue weighted by molar-refractivity contribution is 7.89.